The Morgan fingerprint density at radius 3 is 2.70 bits per heavy atom. The van der Waals surface area contributed by atoms with Crippen LogP contribution in [-0.2, 0) is 0 Å². The van der Waals surface area contributed by atoms with Gasteiger partial charge in [0.05, 0.1) is 0 Å². The van der Waals surface area contributed by atoms with Gasteiger partial charge in [-0.25, -0.2) is 9.97 Å². The van der Waals surface area contributed by atoms with Crippen molar-refractivity contribution in [3.63, 3.8) is 0 Å². The highest BCUT2D eigenvalue weighted by Gasteiger charge is 2.17. The van der Waals surface area contributed by atoms with Gasteiger partial charge in [-0.15, -0.1) is 0 Å². The first kappa shape index (κ1) is 15.0. The van der Waals surface area contributed by atoms with E-state index in [2.05, 4.69) is 15.3 Å². The van der Waals surface area contributed by atoms with Crippen molar-refractivity contribution in [3.05, 3.63) is 60.8 Å². The molecule has 6 heteroatoms. The highest BCUT2D eigenvalue weighted by molar-refractivity contribution is 5.97. The Bertz CT molecular complexity index is 784. The summed E-state index contributed by atoms with van der Waals surface area (Å²) >= 11 is 0. The van der Waals surface area contributed by atoms with Gasteiger partial charge in [0.2, 0.25) is 0 Å². The van der Waals surface area contributed by atoms with Crippen LogP contribution in [0.1, 0.15) is 16.9 Å². The summed E-state index contributed by atoms with van der Waals surface area (Å²) < 4.78 is 1.80. The van der Waals surface area contributed by atoms with Gasteiger partial charge in [-0.2, -0.15) is 0 Å². The first-order valence-corrected chi connectivity index (χ1v) is 7.58. The number of carbonyl (C=O) groups is 1. The molecule has 1 aromatic carbocycles. The SMILES string of the molecule is CN(CCCNc1ccccc1)C(=O)c1nccn2ccnc12. The van der Waals surface area contributed by atoms with Crippen molar-refractivity contribution in [2.75, 3.05) is 25.5 Å². The zero-order chi connectivity index (χ0) is 16.1. The number of aromatic nitrogens is 3. The fourth-order valence-electron chi connectivity index (χ4n) is 2.39. The number of rotatable bonds is 6. The molecule has 1 N–H and O–H groups in total. The number of amides is 1. The van der Waals surface area contributed by atoms with Crippen molar-refractivity contribution >= 4 is 17.2 Å². The van der Waals surface area contributed by atoms with Gasteiger partial charge >= 0.3 is 0 Å². The van der Waals surface area contributed by atoms with Crippen LogP contribution >= 0.6 is 0 Å². The molecular formula is C17H19N5O. The number of fused-ring (bicyclic) bond motifs is 1. The first-order valence-electron chi connectivity index (χ1n) is 7.58. The standard InChI is InChI=1S/C17H19N5O/c1-21(11-5-8-18-14-6-3-2-4-7-14)17(23)15-16-20-10-13-22(16)12-9-19-15/h2-4,6-7,9-10,12-13,18H,5,8,11H2,1H3. The minimum absolute atomic E-state index is 0.110. The molecule has 0 aliphatic rings. The van der Waals surface area contributed by atoms with Gasteiger partial charge in [0.15, 0.2) is 11.3 Å². The minimum Gasteiger partial charge on any atom is -0.385 e. The number of hydrogen-bond acceptors (Lipinski definition) is 4. The van der Waals surface area contributed by atoms with Gasteiger partial charge in [0.1, 0.15) is 0 Å². The van der Waals surface area contributed by atoms with Gasteiger partial charge in [-0.1, -0.05) is 18.2 Å². The number of para-hydroxylation sites is 1. The van der Waals surface area contributed by atoms with Crippen LogP contribution in [0.3, 0.4) is 0 Å². The molecule has 0 saturated carbocycles. The number of nitrogens with one attached hydrogen (secondary N) is 1. The molecule has 0 fully saturated rings. The molecule has 0 aliphatic carbocycles. The van der Waals surface area contributed by atoms with Crippen LogP contribution in [0.15, 0.2) is 55.1 Å². The van der Waals surface area contributed by atoms with E-state index in [1.54, 1.807) is 41.1 Å². The number of nitrogens with zero attached hydrogens (tertiary/aromatic N) is 4. The predicted molar refractivity (Wildman–Crippen MR) is 89.5 cm³/mol. The average Bonchev–Trinajstić information content (AvgIpc) is 3.07. The summed E-state index contributed by atoms with van der Waals surface area (Å²) in [5.74, 6) is -0.110. The molecule has 0 unspecified atom stereocenters. The van der Waals surface area contributed by atoms with E-state index in [4.69, 9.17) is 0 Å². The van der Waals surface area contributed by atoms with Gasteiger partial charge in [0.25, 0.3) is 5.91 Å². The Kier molecular flexibility index (Phi) is 4.52. The highest BCUT2D eigenvalue weighted by atomic mass is 16.2. The normalized spacial score (nSPS) is 10.7. The van der Waals surface area contributed by atoms with E-state index >= 15 is 0 Å². The summed E-state index contributed by atoms with van der Waals surface area (Å²) in [5.41, 5.74) is 2.06. The number of anilines is 1. The molecule has 6 nitrogen and oxygen atoms in total. The summed E-state index contributed by atoms with van der Waals surface area (Å²) in [7, 11) is 1.79. The van der Waals surface area contributed by atoms with E-state index in [-0.39, 0.29) is 5.91 Å². The molecule has 2 heterocycles. The molecule has 0 radical (unpaired) electrons. The molecular weight excluding hydrogens is 290 g/mol. The van der Waals surface area contributed by atoms with Crippen molar-refractivity contribution < 1.29 is 4.79 Å². The molecule has 0 saturated heterocycles. The van der Waals surface area contributed by atoms with Crippen LogP contribution in [-0.4, -0.2) is 45.3 Å². The van der Waals surface area contributed by atoms with E-state index in [0.717, 1.165) is 18.7 Å². The summed E-state index contributed by atoms with van der Waals surface area (Å²) in [6.45, 7) is 1.46. The van der Waals surface area contributed by atoms with Crippen molar-refractivity contribution in [2.45, 2.75) is 6.42 Å². The Balaban J connectivity index is 1.55. The number of benzene rings is 1. The van der Waals surface area contributed by atoms with E-state index in [0.29, 0.717) is 17.9 Å². The van der Waals surface area contributed by atoms with Crippen LogP contribution in [0, 0.1) is 0 Å². The van der Waals surface area contributed by atoms with Gasteiger partial charge in [0, 0.05) is 50.6 Å². The second-order valence-electron chi connectivity index (χ2n) is 5.31. The molecule has 2 aromatic heterocycles. The molecule has 118 valence electrons. The summed E-state index contributed by atoms with van der Waals surface area (Å²) in [6.07, 6.45) is 7.72. The lowest BCUT2D eigenvalue weighted by Crippen LogP contribution is -2.30. The third-order valence-corrected chi connectivity index (χ3v) is 3.63. The second-order valence-corrected chi connectivity index (χ2v) is 5.31. The molecule has 0 atom stereocenters. The highest BCUT2D eigenvalue weighted by Crippen LogP contribution is 2.09. The Morgan fingerprint density at radius 2 is 1.91 bits per heavy atom. The van der Waals surface area contributed by atoms with E-state index < -0.39 is 0 Å². The number of carbonyl (C=O) groups excluding carboxylic acids is 1. The first-order chi connectivity index (χ1) is 11.3. The van der Waals surface area contributed by atoms with Gasteiger partial charge in [-0.3, -0.25) is 4.79 Å². The zero-order valence-electron chi connectivity index (χ0n) is 13.0. The quantitative estimate of drug-likeness (QED) is 0.710. The lowest BCUT2D eigenvalue weighted by atomic mass is 10.3. The molecule has 3 aromatic rings. The Morgan fingerprint density at radius 1 is 1.17 bits per heavy atom. The fourth-order valence-corrected chi connectivity index (χ4v) is 2.39. The molecule has 3 rings (SSSR count). The summed E-state index contributed by atoms with van der Waals surface area (Å²) in [5, 5.41) is 3.33. The lowest BCUT2D eigenvalue weighted by Gasteiger charge is -2.17. The lowest BCUT2D eigenvalue weighted by molar-refractivity contribution is 0.0790. The minimum atomic E-state index is -0.110. The smallest absolute Gasteiger partial charge is 0.276 e. The van der Waals surface area contributed by atoms with Crippen molar-refractivity contribution in [2.24, 2.45) is 0 Å². The summed E-state index contributed by atoms with van der Waals surface area (Å²) in [4.78, 5) is 22.6. The van der Waals surface area contributed by atoms with Crippen LogP contribution in [0.4, 0.5) is 5.69 Å². The topological polar surface area (TPSA) is 62.5 Å². The second kappa shape index (κ2) is 6.91. The van der Waals surface area contributed by atoms with E-state index in [1.807, 2.05) is 30.3 Å². The maximum absolute atomic E-state index is 12.5. The van der Waals surface area contributed by atoms with Crippen LogP contribution < -0.4 is 5.32 Å². The monoisotopic (exact) mass is 309 g/mol. The average molecular weight is 309 g/mol. The Hall–Kier alpha value is -2.89. The van der Waals surface area contributed by atoms with E-state index in [1.165, 1.54) is 0 Å². The third kappa shape index (κ3) is 3.48. The number of imidazole rings is 1. The molecule has 0 aliphatic heterocycles. The maximum atomic E-state index is 12.5. The van der Waals surface area contributed by atoms with Crippen molar-refractivity contribution in [1.82, 2.24) is 19.3 Å². The van der Waals surface area contributed by atoms with Crippen molar-refractivity contribution in [1.29, 1.82) is 0 Å². The predicted octanol–water partition coefficient (Wildman–Crippen LogP) is 2.30. The fraction of sp³-hybridized carbons (Fsp3) is 0.235. The third-order valence-electron chi connectivity index (χ3n) is 3.63. The Labute approximate surface area is 134 Å². The molecule has 0 spiro atoms. The van der Waals surface area contributed by atoms with Crippen molar-refractivity contribution in [3.8, 4) is 0 Å². The molecule has 1 amide bonds. The maximum Gasteiger partial charge on any atom is 0.276 e. The zero-order valence-corrected chi connectivity index (χ0v) is 13.0. The summed E-state index contributed by atoms with van der Waals surface area (Å²) in [6, 6.07) is 10.0. The van der Waals surface area contributed by atoms with Gasteiger partial charge < -0.3 is 14.6 Å². The van der Waals surface area contributed by atoms with E-state index in [9.17, 15) is 4.79 Å². The molecule has 23 heavy (non-hydrogen) atoms. The largest absolute Gasteiger partial charge is 0.385 e. The van der Waals surface area contributed by atoms with Crippen LogP contribution in [0.25, 0.3) is 5.65 Å². The van der Waals surface area contributed by atoms with Crippen LogP contribution in [0.5, 0.6) is 0 Å². The van der Waals surface area contributed by atoms with Crippen LogP contribution in [0.2, 0.25) is 0 Å². The van der Waals surface area contributed by atoms with Gasteiger partial charge in [-0.05, 0) is 18.6 Å². The molecule has 0 bridgehead atoms. The number of hydrogen-bond donors (Lipinski definition) is 1.